The fourth-order valence-electron chi connectivity index (χ4n) is 2.12. The van der Waals surface area contributed by atoms with Crippen LogP contribution in [0.2, 0.25) is 0 Å². The Morgan fingerprint density at radius 2 is 2.08 bits per heavy atom. The molecule has 138 valence electrons. The minimum absolute atomic E-state index is 0.137. The van der Waals surface area contributed by atoms with Crippen molar-refractivity contribution in [3.63, 3.8) is 0 Å². The van der Waals surface area contributed by atoms with E-state index in [-0.39, 0.29) is 12.2 Å². The largest absolute Gasteiger partial charge is 0.404 e. The first-order chi connectivity index (χ1) is 12.0. The summed E-state index contributed by atoms with van der Waals surface area (Å²) in [6.07, 6.45) is 4.99. The maximum Gasteiger partial charge on any atom is 0.261 e. The van der Waals surface area contributed by atoms with Crippen LogP contribution in [0.1, 0.15) is 18.9 Å². The number of benzene rings is 1. The number of nitrogens with two attached hydrogens (primary N) is 1. The lowest BCUT2D eigenvalue weighted by Crippen LogP contribution is -2.39. The van der Waals surface area contributed by atoms with Crippen molar-refractivity contribution in [3.8, 4) is 0 Å². The standard InChI is InChI=1S/C17H25N3O4S/c1-2-9-20(25(23)24)10-8-15(12-18)17(22)19-16(13-21)11-14-6-4-3-5-7-14/h3-8,10,12,16,21H,2,9,11,13,18H2,1H3,(H,19,22)(H,23,24)/b10-8?,15-12+/t16-/m0/s1. The van der Waals surface area contributed by atoms with Crippen LogP contribution >= 0.6 is 0 Å². The van der Waals surface area contributed by atoms with Gasteiger partial charge in [0.1, 0.15) is 0 Å². The Bertz CT molecular complexity index is 620. The zero-order valence-electron chi connectivity index (χ0n) is 14.2. The molecule has 0 spiro atoms. The SMILES string of the molecule is CCCN(C=C/C(=C\N)C(=O)N[C@H](CO)Cc1ccccc1)S(=O)O. The number of carbonyl (C=O) groups is 1. The zero-order chi connectivity index (χ0) is 18.7. The molecule has 0 fully saturated rings. The molecule has 0 saturated carbocycles. The summed E-state index contributed by atoms with van der Waals surface area (Å²) in [7, 11) is 0. The van der Waals surface area contributed by atoms with Crippen LogP contribution in [-0.2, 0) is 22.5 Å². The van der Waals surface area contributed by atoms with E-state index in [0.717, 1.165) is 11.8 Å². The van der Waals surface area contributed by atoms with Crippen molar-refractivity contribution < 1.29 is 18.7 Å². The monoisotopic (exact) mass is 367 g/mol. The third-order valence-corrected chi connectivity index (χ3v) is 4.09. The van der Waals surface area contributed by atoms with E-state index >= 15 is 0 Å². The van der Waals surface area contributed by atoms with Gasteiger partial charge in [0, 0.05) is 18.9 Å². The highest BCUT2D eigenvalue weighted by atomic mass is 32.2. The van der Waals surface area contributed by atoms with Crippen LogP contribution in [0.4, 0.5) is 0 Å². The Balaban J connectivity index is 2.72. The first kappa shape index (κ1) is 20.9. The summed E-state index contributed by atoms with van der Waals surface area (Å²) >= 11 is -2.17. The van der Waals surface area contributed by atoms with Crippen LogP contribution in [0.15, 0.2) is 54.4 Å². The Morgan fingerprint density at radius 1 is 1.40 bits per heavy atom. The van der Waals surface area contributed by atoms with E-state index in [1.165, 1.54) is 16.6 Å². The fourth-order valence-corrected chi connectivity index (χ4v) is 2.63. The number of nitrogens with one attached hydrogen (secondary N) is 1. The molecule has 1 aromatic carbocycles. The molecule has 1 rings (SSSR count). The normalized spacial score (nSPS) is 14.3. The molecule has 0 aromatic heterocycles. The number of aliphatic hydroxyl groups excluding tert-OH is 1. The lowest BCUT2D eigenvalue weighted by atomic mass is 10.1. The van der Waals surface area contributed by atoms with Gasteiger partial charge in [-0.3, -0.25) is 13.7 Å². The average molecular weight is 367 g/mol. The smallest absolute Gasteiger partial charge is 0.261 e. The molecule has 0 aliphatic heterocycles. The van der Waals surface area contributed by atoms with Gasteiger partial charge in [0.25, 0.3) is 17.2 Å². The molecule has 0 saturated heterocycles. The van der Waals surface area contributed by atoms with Crippen LogP contribution in [0.3, 0.4) is 0 Å². The Labute approximate surface area is 150 Å². The van der Waals surface area contributed by atoms with Crippen molar-refractivity contribution in [2.24, 2.45) is 5.73 Å². The molecule has 0 aliphatic rings. The molecule has 0 heterocycles. The number of hydrogen-bond acceptors (Lipinski definition) is 4. The molecule has 7 nitrogen and oxygen atoms in total. The topological polar surface area (TPSA) is 116 Å². The number of carbonyl (C=O) groups excluding carboxylic acids is 1. The number of amides is 1. The van der Waals surface area contributed by atoms with Gasteiger partial charge in [-0.2, -0.15) is 0 Å². The molecule has 1 unspecified atom stereocenters. The van der Waals surface area contributed by atoms with Crippen LogP contribution in [0.5, 0.6) is 0 Å². The van der Waals surface area contributed by atoms with Gasteiger partial charge in [-0.15, -0.1) is 0 Å². The first-order valence-corrected chi connectivity index (χ1v) is 9.01. The molecule has 0 aliphatic carbocycles. The Hall–Kier alpha value is -2.16. The van der Waals surface area contributed by atoms with E-state index in [4.69, 9.17) is 5.73 Å². The fraction of sp³-hybridized carbons (Fsp3) is 0.353. The Kier molecular flexibility index (Phi) is 9.53. The summed E-state index contributed by atoms with van der Waals surface area (Å²) in [5.41, 5.74) is 6.61. The molecule has 2 atom stereocenters. The molecule has 5 N–H and O–H groups in total. The predicted molar refractivity (Wildman–Crippen MR) is 98.3 cm³/mol. The summed E-state index contributed by atoms with van der Waals surface area (Å²) in [5, 5.41) is 12.2. The summed E-state index contributed by atoms with van der Waals surface area (Å²) < 4.78 is 21.6. The average Bonchev–Trinajstić information content (AvgIpc) is 2.61. The maximum atomic E-state index is 12.3. The third-order valence-electron chi connectivity index (χ3n) is 3.39. The van der Waals surface area contributed by atoms with E-state index in [9.17, 15) is 18.7 Å². The maximum absolute atomic E-state index is 12.3. The van der Waals surface area contributed by atoms with Crippen molar-refractivity contribution in [2.45, 2.75) is 25.8 Å². The highest BCUT2D eigenvalue weighted by Gasteiger charge is 2.14. The van der Waals surface area contributed by atoms with Gasteiger partial charge in [0.2, 0.25) is 0 Å². The second-order valence-electron chi connectivity index (χ2n) is 5.35. The van der Waals surface area contributed by atoms with Gasteiger partial charge >= 0.3 is 0 Å². The number of hydrogen-bond donors (Lipinski definition) is 4. The molecule has 25 heavy (non-hydrogen) atoms. The van der Waals surface area contributed by atoms with E-state index in [2.05, 4.69) is 5.32 Å². The van der Waals surface area contributed by atoms with Gasteiger partial charge in [0.15, 0.2) is 0 Å². The quantitative estimate of drug-likeness (QED) is 0.279. The lowest BCUT2D eigenvalue weighted by molar-refractivity contribution is -0.118. The van der Waals surface area contributed by atoms with Crippen LogP contribution in [0.25, 0.3) is 0 Å². The molecule has 1 amide bonds. The highest BCUT2D eigenvalue weighted by Crippen LogP contribution is 2.05. The van der Waals surface area contributed by atoms with Crippen molar-refractivity contribution in [1.82, 2.24) is 9.62 Å². The number of rotatable bonds is 10. The minimum atomic E-state index is -2.17. The van der Waals surface area contributed by atoms with Gasteiger partial charge < -0.3 is 16.2 Å². The summed E-state index contributed by atoms with van der Waals surface area (Å²) in [6.45, 7) is 2.02. The van der Waals surface area contributed by atoms with E-state index in [1.807, 2.05) is 37.3 Å². The second kappa shape index (κ2) is 11.4. The van der Waals surface area contributed by atoms with Gasteiger partial charge in [0.05, 0.1) is 18.2 Å². The number of nitrogens with zero attached hydrogens (tertiary/aromatic N) is 1. The van der Waals surface area contributed by atoms with Crippen molar-refractivity contribution in [1.29, 1.82) is 0 Å². The highest BCUT2D eigenvalue weighted by molar-refractivity contribution is 7.76. The van der Waals surface area contributed by atoms with Crippen molar-refractivity contribution in [2.75, 3.05) is 13.2 Å². The molecular weight excluding hydrogens is 342 g/mol. The summed E-state index contributed by atoms with van der Waals surface area (Å²) in [4.78, 5) is 12.3. The van der Waals surface area contributed by atoms with Crippen molar-refractivity contribution >= 4 is 17.2 Å². The minimum Gasteiger partial charge on any atom is -0.404 e. The molecular formula is C17H25N3O4S. The predicted octanol–water partition coefficient (Wildman–Crippen LogP) is 0.911. The van der Waals surface area contributed by atoms with Crippen LogP contribution < -0.4 is 11.1 Å². The van der Waals surface area contributed by atoms with Gasteiger partial charge in [-0.1, -0.05) is 37.3 Å². The van der Waals surface area contributed by atoms with Crippen LogP contribution in [0, 0.1) is 0 Å². The first-order valence-electron chi connectivity index (χ1n) is 7.95. The lowest BCUT2D eigenvalue weighted by Gasteiger charge is -2.17. The van der Waals surface area contributed by atoms with Gasteiger partial charge in [-0.25, -0.2) is 4.21 Å². The number of aliphatic hydroxyl groups is 1. The van der Waals surface area contributed by atoms with Crippen LogP contribution in [-0.4, -0.2) is 43.3 Å². The second-order valence-corrected chi connectivity index (χ2v) is 6.28. The van der Waals surface area contributed by atoms with Gasteiger partial charge in [-0.05, 0) is 24.5 Å². The molecule has 0 radical (unpaired) electrons. The molecule has 1 aromatic rings. The van der Waals surface area contributed by atoms with E-state index < -0.39 is 23.2 Å². The summed E-state index contributed by atoms with van der Waals surface area (Å²) in [5.74, 6) is -0.464. The molecule has 0 bridgehead atoms. The summed E-state index contributed by atoms with van der Waals surface area (Å²) in [6, 6.07) is 9.02. The third kappa shape index (κ3) is 7.51. The molecule has 8 heteroatoms. The zero-order valence-corrected chi connectivity index (χ0v) is 15.0. The van der Waals surface area contributed by atoms with Crippen molar-refractivity contribution in [3.05, 3.63) is 59.9 Å². The Morgan fingerprint density at radius 3 is 2.60 bits per heavy atom. The van der Waals surface area contributed by atoms with E-state index in [0.29, 0.717) is 19.4 Å². The van der Waals surface area contributed by atoms with E-state index in [1.54, 1.807) is 0 Å².